The number of hydrogen-bond donors (Lipinski definition) is 1. The molecule has 4 heteroatoms. The van der Waals surface area contributed by atoms with Crippen LogP contribution in [0.3, 0.4) is 0 Å². The van der Waals surface area contributed by atoms with Gasteiger partial charge in [-0.25, -0.2) is 0 Å². The maximum atomic E-state index is 12.5. The number of halogens is 3. The highest BCUT2D eigenvalue weighted by Crippen LogP contribution is 2.39. The summed E-state index contributed by atoms with van der Waals surface area (Å²) in [6.07, 6.45) is -4.66. The van der Waals surface area contributed by atoms with E-state index in [0.29, 0.717) is 5.56 Å². The third-order valence-electron chi connectivity index (χ3n) is 2.46. The van der Waals surface area contributed by atoms with Crippen LogP contribution in [0.15, 0.2) is 18.2 Å². The molecule has 0 aromatic heterocycles. The summed E-state index contributed by atoms with van der Waals surface area (Å²) in [5.41, 5.74) is -1.57. The monoisotopic (exact) mass is 218 g/mol. The van der Waals surface area contributed by atoms with Gasteiger partial charge in [0.2, 0.25) is 0 Å². The van der Waals surface area contributed by atoms with Crippen molar-refractivity contribution >= 4 is 0 Å². The van der Waals surface area contributed by atoms with Gasteiger partial charge in [0, 0.05) is 0 Å². The highest BCUT2D eigenvalue weighted by Gasteiger charge is 2.51. The smallest absolute Gasteiger partial charge is 0.376 e. The average Bonchev–Trinajstić information content (AvgIpc) is 2.00. The number of hydrogen-bond acceptors (Lipinski definition) is 1. The molecule has 0 amide bonds. The molecule has 1 rings (SSSR count). The van der Waals surface area contributed by atoms with E-state index in [1.165, 1.54) is 6.07 Å². The van der Waals surface area contributed by atoms with Gasteiger partial charge >= 0.3 is 6.18 Å². The molecule has 1 N–H and O–H groups in total. The molecule has 1 nitrogen and oxygen atoms in total. The quantitative estimate of drug-likeness (QED) is 0.768. The van der Waals surface area contributed by atoms with Gasteiger partial charge < -0.3 is 5.11 Å². The van der Waals surface area contributed by atoms with E-state index in [0.717, 1.165) is 12.5 Å². The van der Waals surface area contributed by atoms with Crippen molar-refractivity contribution < 1.29 is 18.3 Å². The van der Waals surface area contributed by atoms with Crippen molar-refractivity contribution in [3.05, 3.63) is 34.9 Å². The minimum atomic E-state index is -4.66. The Labute approximate surface area is 86.5 Å². The standard InChI is InChI=1S/C11H13F3O/c1-7-4-5-9(8(2)6-7)10(3,15)11(12,13)14/h4-6,15H,1-3H3. The van der Waals surface area contributed by atoms with Gasteiger partial charge in [0.25, 0.3) is 0 Å². The van der Waals surface area contributed by atoms with E-state index >= 15 is 0 Å². The Morgan fingerprint density at radius 3 is 2.07 bits per heavy atom. The Morgan fingerprint density at radius 1 is 1.13 bits per heavy atom. The van der Waals surface area contributed by atoms with Crippen LogP contribution in [0.4, 0.5) is 13.2 Å². The van der Waals surface area contributed by atoms with Gasteiger partial charge in [0.1, 0.15) is 0 Å². The van der Waals surface area contributed by atoms with Gasteiger partial charge in [0.15, 0.2) is 5.60 Å². The predicted octanol–water partition coefficient (Wildman–Crippen LogP) is 3.07. The normalized spacial score (nSPS) is 16.2. The molecule has 0 bridgehead atoms. The van der Waals surface area contributed by atoms with Crippen molar-refractivity contribution in [2.45, 2.75) is 32.5 Å². The zero-order chi connectivity index (χ0) is 11.9. The van der Waals surface area contributed by atoms with E-state index in [1.54, 1.807) is 26.0 Å². The fraction of sp³-hybridized carbons (Fsp3) is 0.455. The van der Waals surface area contributed by atoms with Gasteiger partial charge in [-0.2, -0.15) is 13.2 Å². The highest BCUT2D eigenvalue weighted by molar-refractivity contribution is 5.35. The first kappa shape index (κ1) is 12.0. The van der Waals surface area contributed by atoms with Crippen molar-refractivity contribution in [3.63, 3.8) is 0 Å². The van der Waals surface area contributed by atoms with E-state index in [4.69, 9.17) is 0 Å². The van der Waals surface area contributed by atoms with E-state index in [1.807, 2.05) is 0 Å². The Kier molecular flexibility index (Phi) is 2.83. The molecule has 0 fully saturated rings. The molecule has 84 valence electrons. The van der Waals surface area contributed by atoms with Crippen LogP contribution in [0.25, 0.3) is 0 Å². The molecule has 0 radical (unpaired) electrons. The summed E-state index contributed by atoms with van der Waals surface area (Å²) >= 11 is 0. The zero-order valence-corrected chi connectivity index (χ0v) is 8.81. The molecule has 0 heterocycles. The predicted molar refractivity (Wildman–Crippen MR) is 51.5 cm³/mol. The molecule has 0 aliphatic rings. The second-order valence-electron chi connectivity index (χ2n) is 3.89. The number of benzene rings is 1. The summed E-state index contributed by atoms with van der Waals surface area (Å²) in [6, 6.07) is 4.50. The third-order valence-corrected chi connectivity index (χ3v) is 2.46. The van der Waals surface area contributed by atoms with Crippen LogP contribution >= 0.6 is 0 Å². The van der Waals surface area contributed by atoms with Crippen molar-refractivity contribution in [3.8, 4) is 0 Å². The number of rotatable bonds is 1. The fourth-order valence-corrected chi connectivity index (χ4v) is 1.51. The molecule has 0 saturated carbocycles. The summed E-state index contributed by atoms with van der Waals surface area (Å²) < 4.78 is 37.6. The van der Waals surface area contributed by atoms with Crippen LogP contribution in [0.2, 0.25) is 0 Å². The van der Waals surface area contributed by atoms with Crippen LogP contribution in [0.5, 0.6) is 0 Å². The minimum Gasteiger partial charge on any atom is -0.376 e. The van der Waals surface area contributed by atoms with Gasteiger partial charge in [-0.15, -0.1) is 0 Å². The van der Waals surface area contributed by atoms with Crippen molar-refractivity contribution in [1.82, 2.24) is 0 Å². The Hall–Kier alpha value is -1.03. The van der Waals surface area contributed by atoms with E-state index in [9.17, 15) is 18.3 Å². The molecule has 1 aromatic rings. The van der Waals surface area contributed by atoms with Crippen LogP contribution < -0.4 is 0 Å². The molecule has 1 aromatic carbocycles. The number of aliphatic hydroxyl groups is 1. The second-order valence-corrected chi connectivity index (χ2v) is 3.89. The number of aryl methyl sites for hydroxylation is 2. The van der Waals surface area contributed by atoms with Crippen molar-refractivity contribution in [2.24, 2.45) is 0 Å². The summed E-state index contributed by atoms with van der Waals surface area (Å²) in [5.74, 6) is 0. The lowest BCUT2D eigenvalue weighted by molar-refractivity contribution is -0.259. The highest BCUT2D eigenvalue weighted by atomic mass is 19.4. The molecule has 0 aliphatic carbocycles. The zero-order valence-electron chi connectivity index (χ0n) is 8.81. The average molecular weight is 218 g/mol. The Bertz CT molecular complexity index is 367. The summed E-state index contributed by atoms with van der Waals surface area (Å²) in [7, 11) is 0. The van der Waals surface area contributed by atoms with Crippen LogP contribution in [-0.2, 0) is 5.60 Å². The van der Waals surface area contributed by atoms with Crippen LogP contribution in [0, 0.1) is 13.8 Å². The fourth-order valence-electron chi connectivity index (χ4n) is 1.51. The van der Waals surface area contributed by atoms with Gasteiger partial charge in [0.05, 0.1) is 0 Å². The Morgan fingerprint density at radius 2 is 1.67 bits per heavy atom. The summed E-state index contributed by atoms with van der Waals surface area (Å²) in [4.78, 5) is 0. The lowest BCUT2D eigenvalue weighted by Crippen LogP contribution is -2.39. The lowest BCUT2D eigenvalue weighted by Gasteiger charge is -2.28. The third kappa shape index (κ3) is 2.15. The molecule has 0 spiro atoms. The van der Waals surface area contributed by atoms with Gasteiger partial charge in [-0.05, 0) is 31.9 Å². The van der Waals surface area contributed by atoms with E-state index in [2.05, 4.69) is 0 Å². The van der Waals surface area contributed by atoms with Gasteiger partial charge in [-0.1, -0.05) is 23.8 Å². The molecular weight excluding hydrogens is 205 g/mol. The van der Waals surface area contributed by atoms with E-state index in [-0.39, 0.29) is 5.56 Å². The summed E-state index contributed by atoms with van der Waals surface area (Å²) in [6.45, 7) is 4.12. The van der Waals surface area contributed by atoms with Crippen LogP contribution in [-0.4, -0.2) is 11.3 Å². The topological polar surface area (TPSA) is 20.2 Å². The Balaban J connectivity index is 3.28. The van der Waals surface area contributed by atoms with Crippen molar-refractivity contribution in [2.75, 3.05) is 0 Å². The molecule has 15 heavy (non-hydrogen) atoms. The minimum absolute atomic E-state index is 0.0967. The second kappa shape index (κ2) is 3.52. The molecule has 1 atom stereocenters. The van der Waals surface area contributed by atoms with E-state index < -0.39 is 11.8 Å². The number of alkyl halides is 3. The molecular formula is C11H13F3O. The first-order valence-electron chi connectivity index (χ1n) is 4.53. The molecule has 0 aliphatic heterocycles. The first-order valence-corrected chi connectivity index (χ1v) is 4.53. The SMILES string of the molecule is Cc1ccc(C(C)(O)C(F)(F)F)c(C)c1. The van der Waals surface area contributed by atoms with Gasteiger partial charge in [-0.3, -0.25) is 0 Å². The molecule has 1 unspecified atom stereocenters. The lowest BCUT2D eigenvalue weighted by atomic mass is 9.90. The van der Waals surface area contributed by atoms with Crippen molar-refractivity contribution in [1.29, 1.82) is 0 Å². The maximum absolute atomic E-state index is 12.5. The van der Waals surface area contributed by atoms with Crippen LogP contribution in [0.1, 0.15) is 23.6 Å². The summed E-state index contributed by atoms with van der Waals surface area (Å²) in [5, 5.41) is 9.47. The maximum Gasteiger partial charge on any atom is 0.421 e. The first-order chi connectivity index (χ1) is 6.66. The molecule has 0 saturated heterocycles. The largest absolute Gasteiger partial charge is 0.421 e.